The standard InChI is InChI=1S/C14H20FIN2O/c1-9-2-4-14(19,5-3-9)8-18-13-6-10(15)11(16)7-12(13)17/h6-7,9,18-19H,2-5,8,17H2,1H3. The number of nitrogen functional groups attached to an aromatic ring is 1. The third kappa shape index (κ3) is 3.72. The van der Waals surface area contributed by atoms with E-state index in [0.29, 0.717) is 27.4 Å². The summed E-state index contributed by atoms with van der Waals surface area (Å²) < 4.78 is 14.0. The lowest BCUT2D eigenvalue weighted by molar-refractivity contribution is 0.00502. The lowest BCUT2D eigenvalue weighted by Gasteiger charge is -2.35. The van der Waals surface area contributed by atoms with Gasteiger partial charge in [-0.2, -0.15) is 0 Å². The van der Waals surface area contributed by atoms with Crippen molar-refractivity contribution >= 4 is 34.0 Å². The van der Waals surface area contributed by atoms with Crippen LogP contribution in [0.2, 0.25) is 0 Å². The minimum Gasteiger partial charge on any atom is -0.397 e. The molecular weight excluding hydrogens is 358 g/mol. The lowest BCUT2D eigenvalue weighted by atomic mass is 9.79. The van der Waals surface area contributed by atoms with E-state index in [1.165, 1.54) is 6.07 Å². The average Bonchev–Trinajstić information content (AvgIpc) is 2.36. The summed E-state index contributed by atoms with van der Waals surface area (Å²) in [7, 11) is 0. The number of nitrogens with one attached hydrogen (secondary N) is 1. The quantitative estimate of drug-likeness (QED) is 0.559. The van der Waals surface area contributed by atoms with Crippen molar-refractivity contribution < 1.29 is 9.50 Å². The Morgan fingerprint density at radius 1 is 1.47 bits per heavy atom. The lowest BCUT2D eigenvalue weighted by Crippen LogP contribution is -2.40. The molecule has 1 fully saturated rings. The maximum absolute atomic E-state index is 13.5. The second-order valence-electron chi connectivity index (χ2n) is 5.61. The van der Waals surface area contributed by atoms with Crippen molar-refractivity contribution in [2.24, 2.45) is 5.92 Å². The van der Waals surface area contributed by atoms with E-state index in [9.17, 15) is 9.50 Å². The molecule has 1 saturated carbocycles. The fourth-order valence-corrected chi connectivity index (χ4v) is 2.94. The average molecular weight is 378 g/mol. The molecule has 4 N–H and O–H groups in total. The predicted molar refractivity (Wildman–Crippen MR) is 84.6 cm³/mol. The predicted octanol–water partition coefficient (Wildman–Crippen LogP) is 3.37. The largest absolute Gasteiger partial charge is 0.397 e. The summed E-state index contributed by atoms with van der Waals surface area (Å²) in [5, 5.41) is 13.6. The fraction of sp³-hybridized carbons (Fsp3) is 0.571. The molecule has 106 valence electrons. The van der Waals surface area contributed by atoms with Gasteiger partial charge in [0.1, 0.15) is 5.82 Å². The van der Waals surface area contributed by atoms with Crippen molar-refractivity contribution in [1.82, 2.24) is 0 Å². The van der Waals surface area contributed by atoms with Crippen molar-refractivity contribution in [3.63, 3.8) is 0 Å². The van der Waals surface area contributed by atoms with Crippen LogP contribution in [-0.2, 0) is 0 Å². The van der Waals surface area contributed by atoms with Crippen LogP contribution in [0.4, 0.5) is 15.8 Å². The summed E-state index contributed by atoms with van der Waals surface area (Å²) in [6.45, 7) is 2.63. The second kappa shape index (κ2) is 5.83. The number of anilines is 2. The summed E-state index contributed by atoms with van der Waals surface area (Å²) in [6.07, 6.45) is 3.64. The molecule has 0 bridgehead atoms. The number of halogens is 2. The van der Waals surface area contributed by atoms with Gasteiger partial charge in [-0.25, -0.2) is 4.39 Å². The van der Waals surface area contributed by atoms with E-state index in [1.54, 1.807) is 6.07 Å². The Bertz CT molecular complexity index is 459. The molecule has 0 aromatic heterocycles. The number of rotatable bonds is 3. The molecule has 1 aliphatic rings. The monoisotopic (exact) mass is 378 g/mol. The molecular formula is C14H20FIN2O. The Kier molecular flexibility index (Phi) is 4.55. The normalized spacial score (nSPS) is 27.3. The Balaban J connectivity index is 2.01. The highest BCUT2D eigenvalue weighted by molar-refractivity contribution is 14.1. The maximum Gasteiger partial charge on any atom is 0.138 e. The molecule has 1 aromatic carbocycles. The summed E-state index contributed by atoms with van der Waals surface area (Å²) >= 11 is 1.91. The zero-order valence-electron chi connectivity index (χ0n) is 11.0. The van der Waals surface area contributed by atoms with Gasteiger partial charge in [0.05, 0.1) is 20.5 Å². The zero-order chi connectivity index (χ0) is 14.0. The first kappa shape index (κ1) is 14.8. The van der Waals surface area contributed by atoms with Crippen molar-refractivity contribution in [3.05, 3.63) is 21.5 Å². The van der Waals surface area contributed by atoms with E-state index in [0.717, 1.165) is 25.7 Å². The van der Waals surface area contributed by atoms with Crippen molar-refractivity contribution in [2.45, 2.75) is 38.2 Å². The Morgan fingerprint density at radius 2 is 2.11 bits per heavy atom. The molecule has 1 aromatic rings. The SMILES string of the molecule is CC1CCC(O)(CNc2cc(F)c(I)cc2N)CC1. The highest BCUT2D eigenvalue weighted by atomic mass is 127. The van der Waals surface area contributed by atoms with Crippen molar-refractivity contribution in [1.29, 1.82) is 0 Å². The Labute approximate surface area is 126 Å². The van der Waals surface area contributed by atoms with Crippen LogP contribution in [0.3, 0.4) is 0 Å². The second-order valence-corrected chi connectivity index (χ2v) is 6.78. The molecule has 0 saturated heterocycles. The highest BCUT2D eigenvalue weighted by Crippen LogP contribution is 2.32. The van der Waals surface area contributed by atoms with Crippen LogP contribution in [0.15, 0.2) is 12.1 Å². The molecule has 2 rings (SSSR count). The highest BCUT2D eigenvalue weighted by Gasteiger charge is 2.31. The van der Waals surface area contributed by atoms with Crippen molar-refractivity contribution in [3.8, 4) is 0 Å². The Morgan fingerprint density at radius 3 is 2.74 bits per heavy atom. The molecule has 0 spiro atoms. The number of hydrogen-bond acceptors (Lipinski definition) is 3. The van der Waals surface area contributed by atoms with Crippen LogP contribution in [0, 0.1) is 15.3 Å². The third-order valence-electron chi connectivity index (χ3n) is 3.91. The Hall–Kier alpha value is -0.560. The number of nitrogens with two attached hydrogens (primary N) is 1. The fourth-order valence-electron chi connectivity index (χ4n) is 2.45. The van der Waals surface area contributed by atoms with Gasteiger partial charge in [0, 0.05) is 12.6 Å². The number of hydrogen-bond donors (Lipinski definition) is 3. The van der Waals surface area contributed by atoms with Gasteiger partial charge < -0.3 is 16.2 Å². The van der Waals surface area contributed by atoms with Gasteiger partial charge in [0.2, 0.25) is 0 Å². The molecule has 0 atom stereocenters. The zero-order valence-corrected chi connectivity index (χ0v) is 13.2. The van der Waals surface area contributed by atoms with Gasteiger partial charge in [-0.1, -0.05) is 6.92 Å². The van der Waals surface area contributed by atoms with Gasteiger partial charge in [-0.15, -0.1) is 0 Å². The number of aliphatic hydroxyl groups is 1. The van der Waals surface area contributed by atoms with Crippen LogP contribution < -0.4 is 11.1 Å². The van der Waals surface area contributed by atoms with Crippen LogP contribution in [0.5, 0.6) is 0 Å². The molecule has 5 heteroatoms. The van der Waals surface area contributed by atoms with Crippen LogP contribution in [0.1, 0.15) is 32.6 Å². The number of benzene rings is 1. The summed E-state index contributed by atoms with van der Waals surface area (Å²) in [4.78, 5) is 0. The molecule has 0 radical (unpaired) electrons. The van der Waals surface area contributed by atoms with Crippen molar-refractivity contribution in [2.75, 3.05) is 17.6 Å². The molecule has 19 heavy (non-hydrogen) atoms. The third-order valence-corrected chi connectivity index (χ3v) is 4.73. The van der Waals surface area contributed by atoms with Crippen LogP contribution in [-0.4, -0.2) is 17.3 Å². The van der Waals surface area contributed by atoms with E-state index in [1.807, 2.05) is 22.6 Å². The summed E-state index contributed by atoms with van der Waals surface area (Å²) in [6, 6.07) is 3.00. The first-order chi connectivity index (χ1) is 8.89. The summed E-state index contributed by atoms with van der Waals surface area (Å²) in [5.41, 5.74) is 6.23. The topological polar surface area (TPSA) is 58.3 Å². The first-order valence-electron chi connectivity index (χ1n) is 6.60. The molecule has 3 nitrogen and oxygen atoms in total. The van der Waals surface area contributed by atoms with E-state index in [2.05, 4.69) is 12.2 Å². The molecule has 0 aliphatic heterocycles. The van der Waals surface area contributed by atoms with Crippen LogP contribution >= 0.6 is 22.6 Å². The summed E-state index contributed by atoms with van der Waals surface area (Å²) in [5.74, 6) is 0.391. The van der Waals surface area contributed by atoms with Gasteiger partial charge in [-0.3, -0.25) is 0 Å². The van der Waals surface area contributed by atoms with Gasteiger partial charge in [0.15, 0.2) is 0 Å². The van der Waals surface area contributed by atoms with Gasteiger partial charge >= 0.3 is 0 Å². The minimum atomic E-state index is -0.696. The van der Waals surface area contributed by atoms with Crippen LogP contribution in [0.25, 0.3) is 0 Å². The van der Waals surface area contributed by atoms with E-state index < -0.39 is 5.60 Å². The van der Waals surface area contributed by atoms with E-state index in [-0.39, 0.29) is 5.82 Å². The minimum absolute atomic E-state index is 0.290. The van der Waals surface area contributed by atoms with Gasteiger partial charge in [0.25, 0.3) is 0 Å². The van der Waals surface area contributed by atoms with Gasteiger partial charge in [-0.05, 0) is 60.3 Å². The molecule has 0 unspecified atom stereocenters. The van der Waals surface area contributed by atoms with E-state index >= 15 is 0 Å². The first-order valence-corrected chi connectivity index (χ1v) is 7.68. The molecule has 0 heterocycles. The van der Waals surface area contributed by atoms with E-state index in [4.69, 9.17) is 5.73 Å². The molecule has 1 aliphatic carbocycles. The smallest absolute Gasteiger partial charge is 0.138 e. The maximum atomic E-state index is 13.5. The molecule has 0 amide bonds.